The third-order valence-corrected chi connectivity index (χ3v) is 3.23. The van der Waals surface area contributed by atoms with Gasteiger partial charge in [-0.3, -0.25) is 4.79 Å². The molecule has 0 saturated carbocycles. The Kier molecular flexibility index (Phi) is 4.40. The number of methoxy groups -OCH3 is 1. The minimum atomic E-state index is 0.109. The number of hydrogen-bond acceptors (Lipinski definition) is 2. The highest BCUT2D eigenvalue weighted by molar-refractivity contribution is 5.76. The molecule has 0 fully saturated rings. The van der Waals surface area contributed by atoms with Gasteiger partial charge in [-0.2, -0.15) is 0 Å². The summed E-state index contributed by atoms with van der Waals surface area (Å²) < 4.78 is 5.25. The number of nitrogens with one attached hydrogen (secondary N) is 1. The van der Waals surface area contributed by atoms with Gasteiger partial charge in [0.15, 0.2) is 0 Å². The number of para-hydroxylation sites is 1. The molecule has 2 rings (SSSR count). The van der Waals surface area contributed by atoms with Crippen LogP contribution in [-0.2, 0) is 11.3 Å². The van der Waals surface area contributed by atoms with E-state index in [4.69, 9.17) is 4.74 Å². The first-order valence-electron chi connectivity index (χ1n) is 6.35. The lowest BCUT2D eigenvalue weighted by molar-refractivity contribution is -0.121. The van der Waals surface area contributed by atoms with Crippen molar-refractivity contribution in [3.63, 3.8) is 0 Å². The Balaban J connectivity index is 1.83. The van der Waals surface area contributed by atoms with Crippen LogP contribution in [0.15, 0.2) is 36.4 Å². The molecule has 3 nitrogen and oxygen atoms in total. The Morgan fingerprint density at radius 2 is 2.28 bits per heavy atom. The maximum Gasteiger partial charge on any atom is 0.220 e. The van der Waals surface area contributed by atoms with E-state index in [2.05, 4.69) is 17.5 Å². The topological polar surface area (TPSA) is 38.3 Å². The zero-order chi connectivity index (χ0) is 12.8. The van der Waals surface area contributed by atoms with E-state index in [9.17, 15) is 4.79 Å². The summed E-state index contributed by atoms with van der Waals surface area (Å²) >= 11 is 0. The van der Waals surface area contributed by atoms with Crippen LogP contribution in [0.2, 0.25) is 0 Å². The molecular formula is C15H19NO2. The maximum absolute atomic E-state index is 11.8. The van der Waals surface area contributed by atoms with Crippen LogP contribution < -0.4 is 10.1 Å². The first kappa shape index (κ1) is 12.7. The minimum Gasteiger partial charge on any atom is -0.496 e. The molecule has 1 aliphatic rings. The Hall–Kier alpha value is -1.77. The molecular weight excluding hydrogens is 226 g/mol. The van der Waals surface area contributed by atoms with Gasteiger partial charge in [0.2, 0.25) is 5.91 Å². The molecule has 1 amide bonds. The van der Waals surface area contributed by atoms with Crippen molar-refractivity contribution in [2.24, 2.45) is 5.92 Å². The average molecular weight is 245 g/mol. The van der Waals surface area contributed by atoms with E-state index in [1.807, 2.05) is 24.3 Å². The number of benzene rings is 1. The maximum atomic E-state index is 11.8. The fourth-order valence-electron chi connectivity index (χ4n) is 2.22. The highest BCUT2D eigenvalue weighted by Gasteiger charge is 2.13. The minimum absolute atomic E-state index is 0.109. The van der Waals surface area contributed by atoms with E-state index in [-0.39, 0.29) is 5.91 Å². The lowest BCUT2D eigenvalue weighted by Crippen LogP contribution is -2.24. The van der Waals surface area contributed by atoms with E-state index in [0.717, 1.165) is 24.2 Å². The number of allylic oxidation sites excluding steroid dienone is 2. The predicted molar refractivity (Wildman–Crippen MR) is 71.3 cm³/mol. The molecule has 1 atom stereocenters. The first-order chi connectivity index (χ1) is 8.79. The molecule has 1 aromatic carbocycles. The van der Waals surface area contributed by atoms with E-state index < -0.39 is 0 Å². The molecule has 0 unspecified atom stereocenters. The number of amides is 1. The van der Waals surface area contributed by atoms with Crippen molar-refractivity contribution in [1.82, 2.24) is 5.32 Å². The second-order valence-corrected chi connectivity index (χ2v) is 4.56. The summed E-state index contributed by atoms with van der Waals surface area (Å²) in [6.45, 7) is 0.527. The van der Waals surface area contributed by atoms with Gasteiger partial charge >= 0.3 is 0 Å². The lowest BCUT2D eigenvalue weighted by Gasteiger charge is -2.11. The van der Waals surface area contributed by atoms with Crippen molar-refractivity contribution in [3.8, 4) is 5.75 Å². The molecule has 96 valence electrons. The molecule has 0 aromatic heterocycles. The SMILES string of the molecule is COc1ccccc1CNC(=O)C[C@H]1C=CCC1. The van der Waals surface area contributed by atoms with Crippen LogP contribution >= 0.6 is 0 Å². The number of carbonyl (C=O) groups excluding carboxylic acids is 1. The van der Waals surface area contributed by atoms with E-state index in [0.29, 0.717) is 18.9 Å². The second kappa shape index (κ2) is 6.24. The van der Waals surface area contributed by atoms with Gasteiger partial charge in [-0.1, -0.05) is 30.4 Å². The summed E-state index contributed by atoms with van der Waals surface area (Å²) in [5.41, 5.74) is 1.01. The summed E-state index contributed by atoms with van der Waals surface area (Å²) in [5, 5.41) is 2.95. The molecule has 3 heteroatoms. The summed E-state index contributed by atoms with van der Waals surface area (Å²) in [5.74, 6) is 1.35. The fourth-order valence-corrected chi connectivity index (χ4v) is 2.22. The van der Waals surface area contributed by atoms with Gasteiger partial charge in [0.05, 0.1) is 7.11 Å². The zero-order valence-electron chi connectivity index (χ0n) is 10.7. The fraction of sp³-hybridized carbons (Fsp3) is 0.400. The molecule has 0 aliphatic heterocycles. The van der Waals surface area contributed by atoms with E-state index in [1.165, 1.54) is 0 Å². The van der Waals surface area contributed by atoms with Gasteiger partial charge in [0.1, 0.15) is 5.75 Å². The third-order valence-electron chi connectivity index (χ3n) is 3.23. The average Bonchev–Trinajstić information content (AvgIpc) is 2.89. The van der Waals surface area contributed by atoms with Crippen LogP contribution in [0, 0.1) is 5.92 Å². The Morgan fingerprint density at radius 1 is 1.44 bits per heavy atom. The van der Waals surface area contributed by atoms with Crippen LogP contribution in [0.3, 0.4) is 0 Å². The van der Waals surface area contributed by atoms with Crippen molar-refractivity contribution >= 4 is 5.91 Å². The number of ether oxygens (including phenoxy) is 1. The predicted octanol–water partition coefficient (Wildman–Crippen LogP) is 2.67. The van der Waals surface area contributed by atoms with E-state index >= 15 is 0 Å². The molecule has 1 N–H and O–H groups in total. The lowest BCUT2D eigenvalue weighted by atomic mass is 10.0. The van der Waals surface area contributed by atoms with Crippen molar-refractivity contribution in [2.75, 3.05) is 7.11 Å². The molecule has 0 radical (unpaired) electrons. The number of rotatable bonds is 5. The summed E-state index contributed by atoms with van der Waals surface area (Å²) in [7, 11) is 1.64. The molecule has 0 heterocycles. The molecule has 0 bridgehead atoms. The molecule has 18 heavy (non-hydrogen) atoms. The van der Waals surface area contributed by atoms with Crippen molar-refractivity contribution in [3.05, 3.63) is 42.0 Å². The largest absolute Gasteiger partial charge is 0.496 e. The van der Waals surface area contributed by atoms with Crippen LogP contribution in [0.1, 0.15) is 24.8 Å². The van der Waals surface area contributed by atoms with Gasteiger partial charge in [0, 0.05) is 18.5 Å². The smallest absolute Gasteiger partial charge is 0.220 e. The van der Waals surface area contributed by atoms with Crippen molar-refractivity contribution < 1.29 is 9.53 Å². The van der Waals surface area contributed by atoms with Crippen LogP contribution in [0.4, 0.5) is 0 Å². The van der Waals surface area contributed by atoms with Gasteiger partial charge in [0.25, 0.3) is 0 Å². The second-order valence-electron chi connectivity index (χ2n) is 4.56. The highest BCUT2D eigenvalue weighted by atomic mass is 16.5. The monoisotopic (exact) mass is 245 g/mol. The van der Waals surface area contributed by atoms with Crippen molar-refractivity contribution in [2.45, 2.75) is 25.8 Å². The molecule has 0 saturated heterocycles. The number of carbonyl (C=O) groups is 1. The Bertz CT molecular complexity index is 440. The molecule has 1 aromatic rings. The zero-order valence-corrected chi connectivity index (χ0v) is 10.7. The Labute approximate surface area is 108 Å². The summed E-state index contributed by atoms with van der Waals surface area (Å²) in [6.07, 6.45) is 7.08. The summed E-state index contributed by atoms with van der Waals surface area (Å²) in [4.78, 5) is 11.8. The Morgan fingerprint density at radius 3 is 3.00 bits per heavy atom. The molecule has 1 aliphatic carbocycles. The van der Waals surface area contributed by atoms with Gasteiger partial charge in [-0.15, -0.1) is 0 Å². The van der Waals surface area contributed by atoms with Gasteiger partial charge in [-0.05, 0) is 24.8 Å². The van der Waals surface area contributed by atoms with E-state index in [1.54, 1.807) is 7.11 Å². The van der Waals surface area contributed by atoms with Gasteiger partial charge < -0.3 is 10.1 Å². The van der Waals surface area contributed by atoms with Crippen LogP contribution in [0.5, 0.6) is 5.75 Å². The summed E-state index contributed by atoms with van der Waals surface area (Å²) in [6, 6.07) is 7.74. The number of hydrogen-bond donors (Lipinski definition) is 1. The highest BCUT2D eigenvalue weighted by Crippen LogP contribution is 2.20. The van der Waals surface area contributed by atoms with Crippen LogP contribution in [0.25, 0.3) is 0 Å². The van der Waals surface area contributed by atoms with Gasteiger partial charge in [-0.25, -0.2) is 0 Å². The molecule has 0 spiro atoms. The van der Waals surface area contributed by atoms with Crippen molar-refractivity contribution in [1.29, 1.82) is 0 Å². The standard InChI is InChI=1S/C15H19NO2/c1-18-14-9-5-4-8-13(14)11-16-15(17)10-12-6-2-3-7-12/h2,4-6,8-9,12H,3,7,10-11H2,1H3,(H,16,17)/t12-/m0/s1. The third kappa shape index (κ3) is 3.36. The van der Waals surface area contributed by atoms with Crippen LogP contribution in [-0.4, -0.2) is 13.0 Å². The first-order valence-corrected chi connectivity index (χ1v) is 6.35. The quantitative estimate of drug-likeness (QED) is 0.810. The normalized spacial score (nSPS) is 17.7.